The second-order valence-corrected chi connectivity index (χ2v) is 5.27. The quantitative estimate of drug-likeness (QED) is 0.890. The van der Waals surface area contributed by atoms with E-state index < -0.39 is 6.04 Å². The first-order valence-electron chi connectivity index (χ1n) is 7.29. The molecular weight excluding hydrogens is 296 g/mol. The van der Waals surface area contributed by atoms with Crippen molar-refractivity contribution in [3.63, 3.8) is 0 Å². The van der Waals surface area contributed by atoms with Crippen molar-refractivity contribution in [2.45, 2.75) is 25.9 Å². The van der Waals surface area contributed by atoms with Gasteiger partial charge in [-0.2, -0.15) is 0 Å². The summed E-state index contributed by atoms with van der Waals surface area (Å²) in [5.74, 6) is -0.00483. The first kappa shape index (κ1) is 18.2. The van der Waals surface area contributed by atoms with Gasteiger partial charge in [0, 0.05) is 13.1 Å². The lowest BCUT2D eigenvalue weighted by atomic mass is 10.1. The predicted molar refractivity (Wildman–Crippen MR) is 92.9 cm³/mol. The van der Waals surface area contributed by atoms with Crippen LogP contribution in [0.15, 0.2) is 60.7 Å². The van der Waals surface area contributed by atoms with E-state index in [0.29, 0.717) is 13.1 Å². The number of halogens is 1. The van der Waals surface area contributed by atoms with Gasteiger partial charge in [0.1, 0.15) is 0 Å². The standard InChI is InChI=1S/C18H22N2O.ClH/c1-15(19)18(21)20(14-17-10-6-3-7-11-17)13-12-16-8-4-2-5-9-16;/h2-11,15H,12-14,19H2,1H3;1H/t15-;/m1./s1. The first-order valence-corrected chi connectivity index (χ1v) is 7.29. The number of nitrogens with two attached hydrogens (primary N) is 1. The largest absolute Gasteiger partial charge is 0.337 e. The average Bonchev–Trinajstić information content (AvgIpc) is 2.52. The fourth-order valence-electron chi connectivity index (χ4n) is 2.27. The number of hydrogen-bond acceptors (Lipinski definition) is 2. The number of benzene rings is 2. The van der Waals surface area contributed by atoms with Gasteiger partial charge in [0.2, 0.25) is 5.91 Å². The second kappa shape index (κ2) is 9.23. The highest BCUT2D eigenvalue weighted by Crippen LogP contribution is 2.08. The van der Waals surface area contributed by atoms with Gasteiger partial charge in [0.25, 0.3) is 0 Å². The van der Waals surface area contributed by atoms with E-state index in [1.54, 1.807) is 6.92 Å². The van der Waals surface area contributed by atoms with Crippen LogP contribution in [0.1, 0.15) is 18.1 Å². The first-order chi connectivity index (χ1) is 10.2. The summed E-state index contributed by atoms with van der Waals surface area (Å²) in [6.07, 6.45) is 0.839. The monoisotopic (exact) mass is 318 g/mol. The molecule has 2 rings (SSSR count). The third-order valence-electron chi connectivity index (χ3n) is 3.43. The summed E-state index contributed by atoms with van der Waals surface area (Å²) in [5.41, 5.74) is 8.12. The molecular formula is C18H23ClN2O. The summed E-state index contributed by atoms with van der Waals surface area (Å²) in [5, 5.41) is 0. The van der Waals surface area contributed by atoms with E-state index >= 15 is 0 Å². The van der Waals surface area contributed by atoms with Crippen molar-refractivity contribution in [3.8, 4) is 0 Å². The molecule has 0 bridgehead atoms. The van der Waals surface area contributed by atoms with Gasteiger partial charge >= 0.3 is 0 Å². The molecule has 118 valence electrons. The van der Waals surface area contributed by atoms with Gasteiger partial charge in [0.15, 0.2) is 0 Å². The number of carbonyl (C=O) groups is 1. The van der Waals surface area contributed by atoms with Crippen molar-refractivity contribution >= 4 is 18.3 Å². The minimum Gasteiger partial charge on any atom is -0.337 e. The summed E-state index contributed by atoms with van der Waals surface area (Å²) in [4.78, 5) is 14.1. The van der Waals surface area contributed by atoms with E-state index in [1.807, 2.05) is 53.4 Å². The fourth-order valence-corrected chi connectivity index (χ4v) is 2.27. The van der Waals surface area contributed by atoms with Crippen molar-refractivity contribution < 1.29 is 4.79 Å². The molecule has 0 aliphatic carbocycles. The van der Waals surface area contributed by atoms with E-state index in [-0.39, 0.29) is 18.3 Å². The minimum absolute atomic E-state index is 0. The van der Waals surface area contributed by atoms with Crippen LogP contribution >= 0.6 is 12.4 Å². The number of nitrogens with zero attached hydrogens (tertiary/aromatic N) is 1. The Morgan fingerprint density at radius 3 is 2.00 bits per heavy atom. The molecule has 0 spiro atoms. The molecule has 0 saturated carbocycles. The normalized spacial score (nSPS) is 11.4. The SMILES string of the molecule is C[C@@H](N)C(=O)N(CCc1ccccc1)Cc1ccccc1.Cl. The molecule has 0 unspecified atom stereocenters. The van der Waals surface area contributed by atoms with Gasteiger partial charge in [-0.3, -0.25) is 4.79 Å². The Balaban J connectivity index is 0.00000242. The Labute approximate surface area is 138 Å². The van der Waals surface area contributed by atoms with E-state index in [0.717, 1.165) is 12.0 Å². The average molecular weight is 319 g/mol. The van der Waals surface area contributed by atoms with Crippen molar-refractivity contribution in [2.24, 2.45) is 5.73 Å². The van der Waals surface area contributed by atoms with Crippen LogP contribution in [0.4, 0.5) is 0 Å². The van der Waals surface area contributed by atoms with Gasteiger partial charge in [0.05, 0.1) is 6.04 Å². The zero-order valence-corrected chi connectivity index (χ0v) is 13.6. The Morgan fingerprint density at radius 2 is 1.50 bits per heavy atom. The molecule has 1 amide bonds. The smallest absolute Gasteiger partial charge is 0.239 e. The maximum atomic E-state index is 12.3. The highest BCUT2D eigenvalue weighted by atomic mass is 35.5. The van der Waals surface area contributed by atoms with Crippen LogP contribution in [0.3, 0.4) is 0 Å². The predicted octanol–water partition coefficient (Wildman–Crippen LogP) is 3.03. The van der Waals surface area contributed by atoms with Crippen LogP contribution in [-0.4, -0.2) is 23.4 Å². The second-order valence-electron chi connectivity index (χ2n) is 5.27. The lowest BCUT2D eigenvalue weighted by Crippen LogP contribution is -2.42. The van der Waals surface area contributed by atoms with Crippen LogP contribution < -0.4 is 5.73 Å². The van der Waals surface area contributed by atoms with Crippen molar-refractivity contribution in [1.29, 1.82) is 0 Å². The molecule has 2 N–H and O–H groups in total. The lowest BCUT2D eigenvalue weighted by Gasteiger charge is -2.24. The van der Waals surface area contributed by atoms with Gasteiger partial charge < -0.3 is 10.6 Å². The highest BCUT2D eigenvalue weighted by molar-refractivity contribution is 5.85. The highest BCUT2D eigenvalue weighted by Gasteiger charge is 2.17. The fraction of sp³-hybridized carbons (Fsp3) is 0.278. The van der Waals surface area contributed by atoms with Crippen molar-refractivity contribution in [3.05, 3.63) is 71.8 Å². The lowest BCUT2D eigenvalue weighted by molar-refractivity contribution is -0.132. The number of carbonyl (C=O) groups excluding carboxylic acids is 1. The summed E-state index contributed by atoms with van der Waals surface area (Å²) in [6.45, 7) is 3.02. The molecule has 0 saturated heterocycles. The Kier molecular flexibility index (Phi) is 7.64. The van der Waals surface area contributed by atoms with Crippen molar-refractivity contribution in [2.75, 3.05) is 6.54 Å². The van der Waals surface area contributed by atoms with Crippen LogP contribution in [0.25, 0.3) is 0 Å². The summed E-state index contributed by atoms with van der Waals surface area (Å²) in [7, 11) is 0. The number of hydrogen-bond donors (Lipinski definition) is 1. The third-order valence-corrected chi connectivity index (χ3v) is 3.43. The summed E-state index contributed by atoms with van der Waals surface area (Å²) >= 11 is 0. The molecule has 4 heteroatoms. The van der Waals surface area contributed by atoms with E-state index in [4.69, 9.17) is 5.73 Å². The molecule has 2 aromatic carbocycles. The Bertz CT molecular complexity index is 558. The van der Waals surface area contributed by atoms with E-state index in [2.05, 4.69) is 12.1 Å². The maximum Gasteiger partial charge on any atom is 0.239 e. The molecule has 2 aromatic rings. The molecule has 0 fully saturated rings. The van der Waals surface area contributed by atoms with Crippen LogP contribution in [0.2, 0.25) is 0 Å². The molecule has 0 aliphatic heterocycles. The van der Waals surface area contributed by atoms with Gasteiger partial charge in [-0.15, -0.1) is 12.4 Å². The molecule has 22 heavy (non-hydrogen) atoms. The maximum absolute atomic E-state index is 12.3. The van der Waals surface area contributed by atoms with E-state index in [9.17, 15) is 4.79 Å². The Morgan fingerprint density at radius 1 is 1.00 bits per heavy atom. The zero-order chi connectivity index (χ0) is 15.1. The third kappa shape index (κ3) is 5.51. The van der Waals surface area contributed by atoms with Crippen LogP contribution in [0.5, 0.6) is 0 Å². The van der Waals surface area contributed by atoms with Crippen LogP contribution in [-0.2, 0) is 17.8 Å². The molecule has 0 heterocycles. The molecule has 0 aliphatic rings. The molecule has 1 atom stereocenters. The van der Waals surface area contributed by atoms with E-state index in [1.165, 1.54) is 5.56 Å². The van der Waals surface area contributed by atoms with Gasteiger partial charge in [-0.05, 0) is 24.5 Å². The summed E-state index contributed by atoms with van der Waals surface area (Å²) in [6, 6.07) is 19.7. The molecule has 3 nitrogen and oxygen atoms in total. The Hall–Kier alpha value is -1.84. The zero-order valence-electron chi connectivity index (χ0n) is 12.8. The minimum atomic E-state index is -0.468. The molecule has 0 radical (unpaired) electrons. The topological polar surface area (TPSA) is 46.3 Å². The number of amides is 1. The molecule has 0 aromatic heterocycles. The number of rotatable bonds is 6. The summed E-state index contributed by atoms with van der Waals surface area (Å²) < 4.78 is 0. The van der Waals surface area contributed by atoms with Gasteiger partial charge in [-0.1, -0.05) is 60.7 Å². The van der Waals surface area contributed by atoms with Gasteiger partial charge in [-0.25, -0.2) is 0 Å². The van der Waals surface area contributed by atoms with Crippen molar-refractivity contribution in [1.82, 2.24) is 4.90 Å². The van der Waals surface area contributed by atoms with Crippen LogP contribution in [0, 0.1) is 0 Å².